The Bertz CT molecular complexity index is 21.6. The van der Waals surface area contributed by atoms with E-state index in [1.54, 1.807) is 0 Å². The first-order chi connectivity index (χ1) is 2.27. The molecule has 0 aromatic carbocycles. The van der Waals surface area contributed by atoms with Crippen LogP contribution >= 0.6 is 0 Å². The number of hydrogen-bond donors (Lipinski definition) is 1. The van der Waals surface area contributed by atoms with Crippen molar-refractivity contribution in [2.45, 2.75) is 0 Å². The third kappa shape index (κ3) is 4.14. The molecule has 0 bridgehead atoms. The molecule has 0 radical (unpaired) electrons. The predicted octanol–water partition coefficient (Wildman–Crippen LogP) is -1.67. The summed E-state index contributed by atoms with van der Waals surface area (Å²) in [7, 11) is 5.01. The molecule has 0 heterocycles. The third-order valence-electron chi connectivity index (χ3n) is 0.447. The Hall–Kier alpha value is 0.137. The van der Waals surface area contributed by atoms with Crippen LogP contribution in [0.15, 0.2) is 0 Å². The molecule has 0 fully saturated rings. The minimum atomic E-state index is 1.05. The van der Waals surface area contributed by atoms with Gasteiger partial charge in [-0.2, -0.15) is 0 Å². The van der Waals surface area contributed by atoms with Crippen LogP contribution in [0.5, 0.6) is 0 Å². The van der Waals surface area contributed by atoms with E-state index in [0.717, 1.165) is 10.4 Å². The van der Waals surface area contributed by atoms with Crippen LogP contribution in [0.25, 0.3) is 0 Å². The molecule has 2 nitrogen and oxygen atoms in total. The van der Waals surface area contributed by atoms with Crippen LogP contribution in [0, 0.1) is 0 Å². The van der Waals surface area contributed by atoms with Crippen LogP contribution in [0.2, 0.25) is 0 Å². The zero-order chi connectivity index (χ0) is 4.28. The number of nitrogens with one attached hydrogen (secondary N) is 1. The summed E-state index contributed by atoms with van der Waals surface area (Å²) in [6, 6.07) is 0. The first kappa shape index (κ1) is 5.14. The fraction of sp³-hybridized carbons (Fsp3) is 1.00. The summed E-state index contributed by atoms with van der Waals surface area (Å²) in [6.07, 6.45) is 0. The normalized spacial score (nSPS) is 10.2. The fourth-order valence-electron chi connectivity index (χ4n) is 0. The summed E-state index contributed by atoms with van der Waals surface area (Å²) in [5, 5.41) is 4.94. The van der Waals surface area contributed by atoms with E-state index in [0.29, 0.717) is 0 Å². The lowest BCUT2D eigenvalue weighted by Gasteiger charge is -2.03. The molecule has 0 saturated carbocycles. The largest absolute Gasteiger partial charge is 0.288 e. The molecule has 0 aromatic heterocycles. The Balaban J connectivity index is 2.54. The highest BCUT2D eigenvalue weighted by Crippen LogP contribution is 1.48. The van der Waals surface area contributed by atoms with Gasteiger partial charge in [-0.25, -0.2) is 0 Å². The zero-order valence-electron chi connectivity index (χ0n) is 3.95. The van der Waals surface area contributed by atoms with E-state index < -0.39 is 0 Å². The van der Waals surface area contributed by atoms with Crippen molar-refractivity contribution in [3.8, 4) is 0 Å². The standard InChI is InChI=1S/C2H10N2Si/c1-4(2)3-5/h3H,1-2,5H3. The Labute approximate surface area is 35.6 Å². The summed E-state index contributed by atoms with van der Waals surface area (Å²) < 4.78 is 0. The molecule has 3 heteroatoms. The minimum absolute atomic E-state index is 1.05. The molecule has 0 aliphatic heterocycles. The third-order valence-corrected chi connectivity index (χ3v) is 1.34. The van der Waals surface area contributed by atoms with Gasteiger partial charge in [-0.3, -0.25) is 10.1 Å². The fourth-order valence-corrected chi connectivity index (χ4v) is 0. The summed E-state index contributed by atoms with van der Waals surface area (Å²) in [4.78, 5) is 0. The number of rotatable bonds is 1. The van der Waals surface area contributed by atoms with Gasteiger partial charge in [0, 0.05) is 14.1 Å². The lowest BCUT2D eigenvalue weighted by atomic mass is 11.2. The molecule has 0 aliphatic carbocycles. The van der Waals surface area contributed by atoms with Crippen LogP contribution in [-0.2, 0) is 0 Å². The minimum Gasteiger partial charge on any atom is -0.288 e. The Morgan fingerprint density at radius 2 is 1.80 bits per heavy atom. The second kappa shape index (κ2) is 2.38. The first-order valence-corrected chi connectivity index (χ1v) is 2.62. The molecule has 0 unspecified atom stereocenters. The van der Waals surface area contributed by atoms with Crippen molar-refractivity contribution in [1.29, 1.82) is 0 Å². The summed E-state index contributed by atoms with van der Waals surface area (Å²) >= 11 is 0. The zero-order valence-corrected chi connectivity index (χ0v) is 5.95. The molecule has 32 valence electrons. The molecule has 0 atom stereocenters. The quantitative estimate of drug-likeness (QED) is 0.306. The second-order valence-corrected chi connectivity index (χ2v) is 1.57. The van der Waals surface area contributed by atoms with Gasteiger partial charge >= 0.3 is 0 Å². The molecule has 0 saturated heterocycles. The van der Waals surface area contributed by atoms with Gasteiger partial charge in [0.15, 0.2) is 0 Å². The van der Waals surface area contributed by atoms with Crippen molar-refractivity contribution in [3.05, 3.63) is 0 Å². The van der Waals surface area contributed by atoms with Crippen LogP contribution in [0.4, 0.5) is 0 Å². The Morgan fingerprint density at radius 3 is 1.80 bits per heavy atom. The van der Waals surface area contributed by atoms with Gasteiger partial charge < -0.3 is 0 Å². The van der Waals surface area contributed by atoms with Crippen LogP contribution < -0.4 is 5.09 Å². The summed E-state index contributed by atoms with van der Waals surface area (Å²) in [5.74, 6) is 0. The van der Waals surface area contributed by atoms with E-state index in [-0.39, 0.29) is 0 Å². The average Bonchev–Trinajstić information content (AvgIpc) is 1.38. The highest BCUT2D eigenvalue weighted by atomic mass is 28.2. The Kier molecular flexibility index (Phi) is 2.44. The van der Waals surface area contributed by atoms with Gasteiger partial charge in [0.1, 0.15) is 0 Å². The van der Waals surface area contributed by atoms with Crippen molar-refractivity contribution >= 4 is 10.4 Å². The number of nitrogens with zero attached hydrogens (tertiary/aromatic N) is 1. The van der Waals surface area contributed by atoms with E-state index in [2.05, 4.69) is 5.09 Å². The molecule has 0 amide bonds. The molecular weight excluding hydrogens is 80.1 g/mol. The number of hydrogen-bond acceptors (Lipinski definition) is 2. The van der Waals surface area contributed by atoms with Gasteiger partial charge in [0.25, 0.3) is 0 Å². The molecule has 0 aromatic rings. The molecular formula is C2H10N2Si. The van der Waals surface area contributed by atoms with E-state index in [1.807, 2.05) is 19.1 Å². The van der Waals surface area contributed by atoms with E-state index in [9.17, 15) is 0 Å². The van der Waals surface area contributed by atoms with E-state index in [4.69, 9.17) is 0 Å². The molecule has 0 spiro atoms. The lowest BCUT2D eigenvalue weighted by molar-refractivity contribution is 0.377. The van der Waals surface area contributed by atoms with Crippen LogP contribution in [-0.4, -0.2) is 29.5 Å². The number of hydrazine groups is 1. The van der Waals surface area contributed by atoms with Crippen LogP contribution in [0.3, 0.4) is 0 Å². The highest BCUT2D eigenvalue weighted by molar-refractivity contribution is 6.03. The van der Waals surface area contributed by atoms with Crippen molar-refractivity contribution in [2.75, 3.05) is 14.1 Å². The molecule has 0 rings (SSSR count). The van der Waals surface area contributed by atoms with Gasteiger partial charge in [-0.05, 0) is 0 Å². The monoisotopic (exact) mass is 90.1 g/mol. The smallest absolute Gasteiger partial charge is 0.0944 e. The van der Waals surface area contributed by atoms with Crippen molar-refractivity contribution < 1.29 is 0 Å². The van der Waals surface area contributed by atoms with Crippen molar-refractivity contribution in [2.24, 2.45) is 0 Å². The van der Waals surface area contributed by atoms with Gasteiger partial charge in [-0.1, -0.05) is 0 Å². The molecule has 0 aliphatic rings. The van der Waals surface area contributed by atoms with Gasteiger partial charge in [-0.15, -0.1) is 0 Å². The molecule has 1 N–H and O–H groups in total. The van der Waals surface area contributed by atoms with Crippen molar-refractivity contribution in [3.63, 3.8) is 0 Å². The maximum absolute atomic E-state index is 3.00. The van der Waals surface area contributed by atoms with Gasteiger partial charge in [0.05, 0.1) is 10.4 Å². The predicted molar refractivity (Wildman–Crippen MR) is 26.8 cm³/mol. The topological polar surface area (TPSA) is 15.3 Å². The maximum atomic E-state index is 3.00. The second-order valence-electron chi connectivity index (χ2n) is 1.12. The van der Waals surface area contributed by atoms with E-state index >= 15 is 0 Å². The first-order valence-electron chi connectivity index (χ1n) is 1.62. The summed E-state index contributed by atoms with van der Waals surface area (Å²) in [6.45, 7) is 0. The van der Waals surface area contributed by atoms with Crippen molar-refractivity contribution in [1.82, 2.24) is 10.1 Å². The van der Waals surface area contributed by atoms with Crippen LogP contribution in [0.1, 0.15) is 0 Å². The summed E-state index contributed by atoms with van der Waals surface area (Å²) in [5.41, 5.74) is 0. The maximum Gasteiger partial charge on any atom is 0.0944 e. The highest BCUT2D eigenvalue weighted by Gasteiger charge is 1.68. The lowest BCUT2D eigenvalue weighted by Crippen LogP contribution is -2.26. The molecule has 5 heavy (non-hydrogen) atoms. The average molecular weight is 90.2 g/mol. The Morgan fingerprint density at radius 1 is 1.60 bits per heavy atom. The van der Waals surface area contributed by atoms with Gasteiger partial charge in [0.2, 0.25) is 0 Å². The SMILES string of the molecule is CN(C)N[SiH3]. The van der Waals surface area contributed by atoms with E-state index in [1.165, 1.54) is 0 Å².